The highest BCUT2D eigenvalue weighted by Crippen LogP contribution is 2.30. The molecule has 1 aromatic carbocycles. The predicted molar refractivity (Wildman–Crippen MR) is 61.1 cm³/mol. The first-order valence-electron chi connectivity index (χ1n) is 5.11. The van der Waals surface area contributed by atoms with Crippen LogP contribution in [0.1, 0.15) is 41.5 Å². The molecule has 0 aliphatic carbocycles. The summed E-state index contributed by atoms with van der Waals surface area (Å²) in [5.41, 5.74) is 6.44. The molecule has 2 amide bonds. The van der Waals surface area contributed by atoms with Crippen molar-refractivity contribution in [1.29, 1.82) is 0 Å². The molecule has 4 nitrogen and oxygen atoms in total. The lowest BCUT2D eigenvalue weighted by Crippen LogP contribution is -2.45. The molecular formula is C12H14N2O2. The highest BCUT2D eigenvalue weighted by molar-refractivity contribution is 6.22. The van der Waals surface area contributed by atoms with Gasteiger partial charge in [-0.2, -0.15) is 0 Å². The first-order valence-corrected chi connectivity index (χ1v) is 5.11. The van der Waals surface area contributed by atoms with Gasteiger partial charge in [-0.3, -0.25) is 14.5 Å². The van der Waals surface area contributed by atoms with Gasteiger partial charge in [-0.05, 0) is 39.0 Å². The van der Waals surface area contributed by atoms with Crippen molar-refractivity contribution in [3.05, 3.63) is 29.3 Å². The van der Waals surface area contributed by atoms with E-state index in [0.717, 1.165) is 0 Å². The normalized spacial score (nSPS) is 15.6. The number of nitrogens with two attached hydrogens (primary N) is 1. The molecule has 1 aliphatic heterocycles. The van der Waals surface area contributed by atoms with Crippen molar-refractivity contribution >= 4 is 17.5 Å². The number of hydrogen-bond acceptors (Lipinski definition) is 3. The fourth-order valence-corrected chi connectivity index (χ4v) is 1.87. The molecule has 2 rings (SSSR count). The molecule has 1 aromatic rings. The third-order valence-electron chi connectivity index (χ3n) is 2.58. The molecule has 4 heteroatoms. The van der Waals surface area contributed by atoms with E-state index < -0.39 is 5.54 Å². The largest absolute Gasteiger partial charge is 0.399 e. The number of imide groups is 1. The van der Waals surface area contributed by atoms with Crippen LogP contribution < -0.4 is 5.73 Å². The summed E-state index contributed by atoms with van der Waals surface area (Å²) in [4.78, 5) is 25.4. The Morgan fingerprint density at radius 3 is 2.19 bits per heavy atom. The standard InChI is InChI=1S/C12H14N2O2/c1-12(2,3)14-10(15)8-5-4-7(13)6-9(8)11(14)16/h4-6H,13H2,1-3H3. The average molecular weight is 218 g/mol. The topological polar surface area (TPSA) is 63.4 Å². The van der Waals surface area contributed by atoms with Gasteiger partial charge in [-0.25, -0.2) is 0 Å². The lowest BCUT2D eigenvalue weighted by atomic mass is 10.1. The number of benzene rings is 1. The number of hydrogen-bond donors (Lipinski definition) is 1. The number of fused-ring (bicyclic) bond motifs is 1. The highest BCUT2D eigenvalue weighted by atomic mass is 16.2. The van der Waals surface area contributed by atoms with Gasteiger partial charge in [0.25, 0.3) is 11.8 Å². The van der Waals surface area contributed by atoms with Gasteiger partial charge in [0.1, 0.15) is 0 Å². The quantitative estimate of drug-likeness (QED) is 0.532. The van der Waals surface area contributed by atoms with Crippen LogP contribution in [0.15, 0.2) is 18.2 Å². The Balaban J connectivity index is 2.57. The van der Waals surface area contributed by atoms with Gasteiger partial charge in [0.15, 0.2) is 0 Å². The van der Waals surface area contributed by atoms with Gasteiger partial charge in [-0.1, -0.05) is 0 Å². The molecule has 0 atom stereocenters. The van der Waals surface area contributed by atoms with Crippen LogP contribution in [-0.2, 0) is 0 Å². The first-order chi connectivity index (χ1) is 7.32. The Labute approximate surface area is 94.0 Å². The SMILES string of the molecule is CC(C)(C)N1C(=O)c2ccc(N)cc2C1=O. The predicted octanol–water partition coefficient (Wildman–Crippen LogP) is 1.66. The van der Waals surface area contributed by atoms with Crippen LogP contribution in [0.5, 0.6) is 0 Å². The van der Waals surface area contributed by atoms with Gasteiger partial charge in [0.05, 0.1) is 11.1 Å². The minimum absolute atomic E-state index is 0.243. The molecule has 16 heavy (non-hydrogen) atoms. The van der Waals surface area contributed by atoms with Crippen LogP contribution in [0.25, 0.3) is 0 Å². The minimum atomic E-state index is -0.512. The van der Waals surface area contributed by atoms with Gasteiger partial charge >= 0.3 is 0 Å². The van der Waals surface area contributed by atoms with E-state index in [1.54, 1.807) is 18.2 Å². The summed E-state index contributed by atoms with van der Waals surface area (Å²) in [5.74, 6) is -0.507. The number of nitrogens with zero attached hydrogens (tertiary/aromatic N) is 1. The van der Waals surface area contributed by atoms with Crippen LogP contribution in [0.2, 0.25) is 0 Å². The fraction of sp³-hybridized carbons (Fsp3) is 0.333. The number of carbonyl (C=O) groups is 2. The zero-order valence-corrected chi connectivity index (χ0v) is 9.57. The number of carbonyl (C=O) groups excluding carboxylic acids is 2. The molecule has 0 spiro atoms. The van der Waals surface area contributed by atoms with E-state index >= 15 is 0 Å². The second-order valence-electron chi connectivity index (χ2n) is 4.92. The molecule has 2 N–H and O–H groups in total. The summed E-state index contributed by atoms with van der Waals surface area (Å²) in [6, 6.07) is 4.80. The molecule has 0 aromatic heterocycles. The summed E-state index contributed by atoms with van der Waals surface area (Å²) in [6.07, 6.45) is 0. The maximum absolute atomic E-state index is 12.1. The molecule has 1 heterocycles. The zero-order valence-electron chi connectivity index (χ0n) is 9.57. The third-order valence-corrected chi connectivity index (χ3v) is 2.58. The second kappa shape index (κ2) is 3.07. The Kier molecular flexibility index (Phi) is 2.05. The summed E-state index contributed by atoms with van der Waals surface area (Å²) in [5, 5.41) is 0. The summed E-state index contributed by atoms with van der Waals surface area (Å²) < 4.78 is 0. The van der Waals surface area contributed by atoms with Gasteiger partial charge in [0.2, 0.25) is 0 Å². The van der Waals surface area contributed by atoms with Crippen molar-refractivity contribution in [1.82, 2.24) is 4.90 Å². The molecule has 0 unspecified atom stereocenters. The summed E-state index contributed by atoms with van der Waals surface area (Å²) in [7, 11) is 0. The molecule has 0 bridgehead atoms. The van der Waals surface area contributed by atoms with Crippen molar-refractivity contribution in [2.75, 3.05) is 5.73 Å². The molecule has 84 valence electrons. The van der Waals surface area contributed by atoms with E-state index in [4.69, 9.17) is 5.73 Å². The fourth-order valence-electron chi connectivity index (χ4n) is 1.87. The maximum Gasteiger partial charge on any atom is 0.262 e. The number of anilines is 1. The van der Waals surface area contributed by atoms with Crippen LogP contribution in [-0.4, -0.2) is 22.3 Å². The van der Waals surface area contributed by atoms with E-state index in [9.17, 15) is 9.59 Å². The maximum atomic E-state index is 12.1. The van der Waals surface area contributed by atoms with Crippen LogP contribution in [0.3, 0.4) is 0 Å². The zero-order chi connectivity index (χ0) is 12.1. The first kappa shape index (κ1) is 10.7. The highest BCUT2D eigenvalue weighted by Gasteiger charge is 2.41. The van der Waals surface area contributed by atoms with Crippen LogP contribution in [0, 0.1) is 0 Å². The molecule has 1 aliphatic rings. The Morgan fingerprint density at radius 2 is 1.62 bits per heavy atom. The minimum Gasteiger partial charge on any atom is -0.399 e. The van der Waals surface area contributed by atoms with Crippen LogP contribution >= 0.6 is 0 Å². The lowest BCUT2D eigenvalue weighted by molar-refractivity contribution is 0.0508. The van der Waals surface area contributed by atoms with Gasteiger partial charge in [-0.15, -0.1) is 0 Å². The molecular weight excluding hydrogens is 204 g/mol. The van der Waals surface area contributed by atoms with Crippen molar-refractivity contribution in [2.45, 2.75) is 26.3 Å². The Hall–Kier alpha value is -1.84. The van der Waals surface area contributed by atoms with Crippen LogP contribution in [0.4, 0.5) is 5.69 Å². The summed E-state index contributed by atoms with van der Waals surface area (Å²) in [6.45, 7) is 5.49. The monoisotopic (exact) mass is 218 g/mol. The van der Waals surface area contributed by atoms with Crippen molar-refractivity contribution in [2.24, 2.45) is 0 Å². The Bertz CT molecular complexity index is 486. The third kappa shape index (κ3) is 1.38. The van der Waals surface area contributed by atoms with Gasteiger partial charge < -0.3 is 5.73 Å². The molecule has 0 radical (unpaired) electrons. The Morgan fingerprint density at radius 1 is 1.06 bits per heavy atom. The van der Waals surface area contributed by atoms with E-state index in [1.165, 1.54) is 4.90 Å². The molecule has 0 saturated heterocycles. The second-order valence-corrected chi connectivity index (χ2v) is 4.92. The van der Waals surface area contributed by atoms with Crippen molar-refractivity contribution in [3.8, 4) is 0 Å². The number of rotatable bonds is 0. The van der Waals surface area contributed by atoms with E-state index in [2.05, 4.69) is 0 Å². The van der Waals surface area contributed by atoms with Crippen molar-refractivity contribution in [3.63, 3.8) is 0 Å². The lowest BCUT2D eigenvalue weighted by Gasteiger charge is -2.29. The van der Waals surface area contributed by atoms with Crippen molar-refractivity contribution < 1.29 is 9.59 Å². The number of amides is 2. The number of nitrogen functional groups attached to an aromatic ring is 1. The van der Waals surface area contributed by atoms with E-state index in [0.29, 0.717) is 16.8 Å². The molecule has 0 saturated carbocycles. The van der Waals surface area contributed by atoms with Gasteiger partial charge in [0, 0.05) is 11.2 Å². The molecule has 0 fully saturated rings. The smallest absolute Gasteiger partial charge is 0.262 e. The summed E-state index contributed by atoms with van der Waals surface area (Å²) >= 11 is 0. The van der Waals surface area contributed by atoms with E-state index in [1.807, 2.05) is 20.8 Å². The van der Waals surface area contributed by atoms with E-state index in [-0.39, 0.29) is 11.8 Å². The average Bonchev–Trinajstić information content (AvgIpc) is 2.38.